The van der Waals surface area contributed by atoms with Gasteiger partial charge >= 0.3 is 6.03 Å². The maximum Gasteiger partial charge on any atom is 0.324 e. The third-order valence-electron chi connectivity index (χ3n) is 3.36. The minimum atomic E-state index is -0.674. The van der Waals surface area contributed by atoms with Crippen LogP contribution >= 0.6 is 11.6 Å². The number of carbonyl (C=O) groups is 2. The van der Waals surface area contributed by atoms with E-state index in [1.54, 1.807) is 11.8 Å². The van der Waals surface area contributed by atoms with Crippen molar-refractivity contribution in [3.05, 3.63) is 0 Å². The Morgan fingerprint density at radius 1 is 1.24 bits per heavy atom. The lowest BCUT2D eigenvalue weighted by Gasteiger charge is -2.33. The van der Waals surface area contributed by atoms with Crippen LogP contribution < -0.4 is 5.32 Å². The largest absolute Gasteiger partial charge is 0.324 e. The molecule has 0 spiro atoms. The highest BCUT2D eigenvalue weighted by Gasteiger charge is 2.25. The number of rotatable bonds is 2. The van der Waals surface area contributed by atoms with Gasteiger partial charge in [-0.05, 0) is 31.6 Å². The van der Waals surface area contributed by atoms with Crippen molar-refractivity contribution < 1.29 is 9.59 Å². The number of imide groups is 1. The number of halogens is 1. The van der Waals surface area contributed by atoms with E-state index in [0.29, 0.717) is 11.8 Å². The molecule has 1 rings (SSSR count). The standard InChI is InChI=1S/C12H21ClN2O2/c1-8(2)10-4-6-15(7-5-10)12(17)14-11(16)9(3)13/h8-10H,4-7H2,1-3H3,(H,14,16,17). The van der Waals surface area contributed by atoms with Gasteiger partial charge in [0.2, 0.25) is 5.91 Å². The van der Waals surface area contributed by atoms with Crippen LogP contribution in [0.15, 0.2) is 0 Å². The molecule has 0 aromatic carbocycles. The Morgan fingerprint density at radius 2 is 1.76 bits per heavy atom. The van der Waals surface area contributed by atoms with Crippen LogP contribution in [-0.2, 0) is 4.79 Å². The molecule has 1 fully saturated rings. The number of amides is 3. The third-order valence-corrected chi connectivity index (χ3v) is 3.56. The van der Waals surface area contributed by atoms with Crippen molar-refractivity contribution in [3.8, 4) is 0 Å². The van der Waals surface area contributed by atoms with E-state index < -0.39 is 11.3 Å². The Labute approximate surface area is 108 Å². The number of nitrogens with zero attached hydrogens (tertiary/aromatic N) is 1. The molecule has 5 heteroatoms. The first-order valence-electron chi connectivity index (χ1n) is 6.15. The van der Waals surface area contributed by atoms with Gasteiger partial charge in [-0.15, -0.1) is 11.6 Å². The molecule has 1 N–H and O–H groups in total. The summed E-state index contributed by atoms with van der Waals surface area (Å²) in [7, 11) is 0. The molecule has 3 amide bonds. The second-order valence-electron chi connectivity index (χ2n) is 4.98. The summed E-state index contributed by atoms with van der Waals surface area (Å²) in [6.07, 6.45) is 2.02. The number of piperidine rings is 1. The van der Waals surface area contributed by atoms with Crippen molar-refractivity contribution in [2.24, 2.45) is 11.8 Å². The molecule has 1 atom stereocenters. The topological polar surface area (TPSA) is 49.4 Å². The van der Waals surface area contributed by atoms with Gasteiger partial charge in [-0.3, -0.25) is 10.1 Å². The first-order chi connectivity index (χ1) is 7.91. The molecule has 0 bridgehead atoms. The van der Waals surface area contributed by atoms with Gasteiger partial charge in [0.1, 0.15) is 5.38 Å². The molecule has 0 aromatic heterocycles. The Bertz CT molecular complexity index is 284. The molecule has 0 aliphatic carbocycles. The monoisotopic (exact) mass is 260 g/mol. The van der Waals surface area contributed by atoms with Gasteiger partial charge < -0.3 is 4.90 Å². The summed E-state index contributed by atoms with van der Waals surface area (Å²) in [5.41, 5.74) is 0. The predicted molar refractivity (Wildman–Crippen MR) is 68.0 cm³/mol. The Morgan fingerprint density at radius 3 is 2.18 bits per heavy atom. The Hall–Kier alpha value is -0.770. The molecule has 0 saturated carbocycles. The average Bonchev–Trinajstić information content (AvgIpc) is 2.28. The maximum absolute atomic E-state index is 11.7. The van der Waals surface area contributed by atoms with Crippen molar-refractivity contribution in [2.45, 2.75) is 39.0 Å². The number of carbonyl (C=O) groups excluding carboxylic acids is 2. The summed E-state index contributed by atoms with van der Waals surface area (Å²) in [6, 6.07) is -0.315. The van der Waals surface area contributed by atoms with E-state index in [9.17, 15) is 9.59 Å². The van der Waals surface area contributed by atoms with Crippen LogP contribution in [0, 0.1) is 11.8 Å². The normalized spacial score (nSPS) is 19.2. The lowest BCUT2D eigenvalue weighted by molar-refractivity contribution is -0.119. The van der Waals surface area contributed by atoms with Crippen molar-refractivity contribution in [1.82, 2.24) is 10.2 Å². The number of hydrogen-bond acceptors (Lipinski definition) is 2. The fourth-order valence-corrected chi connectivity index (χ4v) is 2.11. The molecule has 0 radical (unpaired) electrons. The van der Waals surface area contributed by atoms with Gasteiger partial charge in [0.25, 0.3) is 0 Å². The van der Waals surface area contributed by atoms with Gasteiger partial charge in [-0.2, -0.15) is 0 Å². The molecule has 98 valence electrons. The van der Waals surface area contributed by atoms with Crippen LogP contribution in [0.4, 0.5) is 4.79 Å². The highest BCUT2D eigenvalue weighted by molar-refractivity contribution is 6.31. The van der Waals surface area contributed by atoms with Gasteiger partial charge in [-0.1, -0.05) is 13.8 Å². The second kappa shape index (κ2) is 6.24. The number of nitrogens with one attached hydrogen (secondary N) is 1. The van der Waals surface area contributed by atoms with Crippen LogP contribution in [0.1, 0.15) is 33.6 Å². The smallest absolute Gasteiger partial charge is 0.324 e. The minimum absolute atomic E-state index is 0.315. The highest BCUT2D eigenvalue weighted by atomic mass is 35.5. The van der Waals surface area contributed by atoms with Crippen LogP contribution in [0.25, 0.3) is 0 Å². The molecule has 1 saturated heterocycles. The number of likely N-dealkylation sites (tertiary alicyclic amines) is 1. The highest BCUT2D eigenvalue weighted by Crippen LogP contribution is 2.24. The van der Waals surface area contributed by atoms with Crippen LogP contribution in [-0.4, -0.2) is 35.3 Å². The van der Waals surface area contributed by atoms with E-state index in [2.05, 4.69) is 19.2 Å². The summed E-state index contributed by atoms with van der Waals surface area (Å²) in [5.74, 6) is 0.911. The van der Waals surface area contributed by atoms with Gasteiger partial charge in [0.15, 0.2) is 0 Å². The molecular formula is C12H21ClN2O2. The first kappa shape index (κ1) is 14.3. The van der Waals surface area contributed by atoms with E-state index in [1.807, 2.05) is 0 Å². The quantitative estimate of drug-likeness (QED) is 0.774. The van der Waals surface area contributed by atoms with E-state index in [0.717, 1.165) is 25.9 Å². The van der Waals surface area contributed by atoms with Crippen LogP contribution in [0.5, 0.6) is 0 Å². The SMILES string of the molecule is CC(Cl)C(=O)NC(=O)N1CCC(C(C)C)CC1. The average molecular weight is 261 g/mol. The van der Waals surface area contributed by atoms with Crippen molar-refractivity contribution in [1.29, 1.82) is 0 Å². The zero-order valence-electron chi connectivity index (χ0n) is 10.7. The molecule has 0 aromatic rings. The van der Waals surface area contributed by atoms with Gasteiger partial charge in [-0.25, -0.2) is 4.79 Å². The van der Waals surface area contributed by atoms with Crippen LogP contribution in [0.3, 0.4) is 0 Å². The van der Waals surface area contributed by atoms with E-state index in [1.165, 1.54) is 0 Å². The minimum Gasteiger partial charge on any atom is -0.324 e. The maximum atomic E-state index is 11.7. The third kappa shape index (κ3) is 4.19. The predicted octanol–water partition coefficient (Wildman–Crippen LogP) is 2.22. The van der Waals surface area contributed by atoms with E-state index in [4.69, 9.17) is 11.6 Å². The molecular weight excluding hydrogens is 240 g/mol. The fourth-order valence-electron chi connectivity index (χ4n) is 2.05. The molecule has 1 aliphatic rings. The van der Waals surface area contributed by atoms with Crippen molar-refractivity contribution in [3.63, 3.8) is 0 Å². The summed E-state index contributed by atoms with van der Waals surface area (Å²) in [4.78, 5) is 24.7. The zero-order valence-corrected chi connectivity index (χ0v) is 11.5. The molecule has 4 nitrogen and oxygen atoms in total. The zero-order chi connectivity index (χ0) is 13.0. The lowest BCUT2D eigenvalue weighted by Crippen LogP contribution is -2.48. The molecule has 1 unspecified atom stereocenters. The number of hydrogen-bond donors (Lipinski definition) is 1. The summed E-state index contributed by atoms with van der Waals surface area (Å²) in [5, 5.41) is 1.64. The Balaban J connectivity index is 2.38. The van der Waals surface area contributed by atoms with Crippen molar-refractivity contribution >= 4 is 23.5 Å². The summed E-state index contributed by atoms with van der Waals surface area (Å²) >= 11 is 5.59. The molecule has 1 aliphatic heterocycles. The fraction of sp³-hybridized carbons (Fsp3) is 0.833. The molecule has 1 heterocycles. The Kier molecular flexibility index (Phi) is 5.25. The number of urea groups is 1. The van der Waals surface area contributed by atoms with Gasteiger partial charge in [0.05, 0.1) is 0 Å². The lowest BCUT2D eigenvalue weighted by atomic mass is 9.87. The van der Waals surface area contributed by atoms with Gasteiger partial charge in [0, 0.05) is 13.1 Å². The second-order valence-corrected chi connectivity index (χ2v) is 5.63. The van der Waals surface area contributed by atoms with E-state index in [-0.39, 0.29) is 6.03 Å². The van der Waals surface area contributed by atoms with Crippen LogP contribution in [0.2, 0.25) is 0 Å². The molecule has 17 heavy (non-hydrogen) atoms. The first-order valence-corrected chi connectivity index (χ1v) is 6.59. The number of alkyl halides is 1. The summed E-state index contributed by atoms with van der Waals surface area (Å²) < 4.78 is 0. The van der Waals surface area contributed by atoms with E-state index >= 15 is 0 Å². The summed E-state index contributed by atoms with van der Waals surface area (Å²) in [6.45, 7) is 7.41. The van der Waals surface area contributed by atoms with Crippen molar-refractivity contribution in [2.75, 3.05) is 13.1 Å².